The Labute approximate surface area is 77.0 Å². The molecule has 0 unspecified atom stereocenters. The van der Waals surface area contributed by atoms with Crippen molar-refractivity contribution in [1.82, 2.24) is 9.97 Å². The molecule has 1 aliphatic rings. The molecule has 2 heteroatoms. The quantitative estimate of drug-likeness (QED) is 0.704. The summed E-state index contributed by atoms with van der Waals surface area (Å²) in [6, 6.07) is 4.33. The maximum absolute atomic E-state index is 4.43. The Hall–Kier alpha value is -1.31. The van der Waals surface area contributed by atoms with Crippen molar-refractivity contribution in [2.24, 2.45) is 0 Å². The van der Waals surface area contributed by atoms with E-state index in [2.05, 4.69) is 29.0 Å². The van der Waals surface area contributed by atoms with Crippen molar-refractivity contribution in [3.63, 3.8) is 0 Å². The predicted molar refractivity (Wildman–Crippen MR) is 52.8 cm³/mol. The zero-order valence-corrected chi connectivity index (χ0v) is 7.67. The SMILES string of the molecule is Cc1cc2ncc(C3CC3)cc2[nH]1. The van der Waals surface area contributed by atoms with Crippen LogP contribution in [0.3, 0.4) is 0 Å². The lowest BCUT2D eigenvalue weighted by Crippen LogP contribution is -1.81. The zero-order chi connectivity index (χ0) is 8.84. The number of pyridine rings is 1. The highest BCUT2D eigenvalue weighted by atomic mass is 14.8. The second kappa shape index (κ2) is 2.34. The average molecular weight is 172 g/mol. The van der Waals surface area contributed by atoms with Gasteiger partial charge in [0.1, 0.15) is 0 Å². The van der Waals surface area contributed by atoms with Crippen LogP contribution in [0.25, 0.3) is 11.0 Å². The second-order valence-electron chi connectivity index (χ2n) is 3.93. The molecule has 1 saturated carbocycles. The third-order valence-corrected chi connectivity index (χ3v) is 2.67. The molecular weight excluding hydrogens is 160 g/mol. The molecule has 1 N–H and O–H groups in total. The Morgan fingerprint density at radius 1 is 1.38 bits per heavy atom. The lowest BCUT2D eigenvalue weighted by atomic mass is 10.2. The maximum Gasteiger partial charge on any atom is 0.0881 e. The van der Waals surface area contributed by atoms with Crippen LogP contribution >= 0.6 is 0 Å². The molecule has 0 aromatic carbocycles. The van der Waals surface area contributed by atoms with E-state index in [0.29, 0.717) is 0 Å². The molecule has 0 radical (unpaired) electrons. The van der Waals surface area contributed by atoms with Crippen LogP contribution in [0.4, 0.5) is 0 Å². The van der Waals surface area contributed by atoms with Crippen molar-refractivity contribution in [3.8, 4) is 0 Å². The lowest BCUT2D eigenvalue weighted by Gasteiger charge is -1.95. The van der Waals surface area contributed by atoms with E-state index in [9.17, 15) is 0 Å². The topological polar surface area (TPSA) is 28.7 Å². The van der Waals surface area contributed by atoms with E-state index in [1.807, 2.05) is 6.20 Å². The molecule has 13 heavy (non-hydrogen) atoms. The smallest absolute Gasteiger partial charge is 0.0881 e. The summed E-state index contributed by atoms with van der Waals surface area (Å²) in [4.78, 5) is 7.75. The minimum absolute atomic E-state index is 0.792. The van der Waals surface area contributed by atoms with Gasteiger partial charge in [-0.1, -0.05) is 0 Å². The third-order valence-electron chi connectivity index (χ3n) is 2.67. The summed E-state index contributed by atoms with van der Waals surface area (Å²) in [7, 11) is 0. The number of aryl methyl sites for hydroxylation is 1. The summed E-state index contributed by atoms with van der Waals surface area (Å²) >= 11 is 0. The van der Waals surface area contributed by atoms with E-state index in [1.54, 1.807) is 0 Å². The summed E-state index contributed by atoms with van der Waals surface area (Å²) < 4.78 is 0. The highest BCUT2D eigenvalue weighted by Gasteiger charge is 2.23. The average Bonchev–Trinajstić information content (AvgIpc) is 2.87. The van der Waals surface area contributed by atoms with Gasteiger partial charge in [-0.3, -0.25) is 4.98 Å². The van der Waals surface area contributed by atoms with E-state index in [0.717, 1.165) is 11.4 Å². The van der Waals surface area contributed by atoms with Crippen LogP contribution in [0.15, 0.2) is 18.3 Å². The van der Waals surface area contributed by atoms with Gasteiger partial charge in [0.05, 0.1) is 11.0 Å². The van der Waals surface area contributed by atoms with E-state index >= 15 is 0 Å². The number of rotatable bonds is 1. The first kappa shape index (κ1) is 7.13. The Kier molecular flexibility index (Phi) is 1.29. The Morgan fingerprint density at radius 2 is 2.23 bits per heavy atom. The van der Waals surface area contributed by atoms with Gasteiger partial charge in [-0.15, -0.1) is 0 Å². The first-order valence-corrected chi connectivity index (χ1v) is 4.78. The molecule has 66 valence electrons. The Morgan fingerprint density at radius 3 is 3.00 bits per heavy atom. The summed E-state index contributed by atoms with van der Waals surface area (Å²) in [5.74, 6) is 0.792. The van der Waals surface area contributed by atoms with Gasteiger partial charge in [0.25, 0.3) is 0 Å². The van der Waals surface area contributed by atoms with Gasteiger partial charge in [0.15, 0.2) is 0 Å². The van der Waals surface area contributed by atoms with Gasteiger partial charge in [-0.25, -0.2) is 0 Å². The number of fused-ring (bicyclic) bond motifs is 1. The van der Waals surface area contributed by atoms with Crippen LogP contribution in [-0.4, -0.2) is 9.97 Å². The number of aromatic nitrogens is 2. The zero-order valence-electron chi connectivity index (χ0n) is 7.67. The van der Waals surface area contributed by atoms with Gasteiger partial charge in [-0.05, 0) is 43.4 Å². The molecule has 0 spiro atoms. The van der Waals surface area contributed by atoms with Crippen molar-refractivity contribution in [1.29, 1.82) is 0 Å². The van der Waals surface area contributed by atoms with Crippen molar-refractivity contribution in [3.05, 3.63) is 29.6 Å². The fourth-order valence-electron chi connectivity index (χ4n) is 1.80. The van der Waals surface area contributed by atoms with E-state index in [-0.39, 0.29) is 0 Å². The first-order chi connectivity index (χ1) is 6.33. The van der Waals surface area contributed by atoms with Crippen molar-refractivity contribution in [2.45, 2.75) is 25.7 Å². The molecule has 2 aromatic rings. The third kappa shape index (κ3) is 1.13. The van der Waals surface area contributed by atoms with Gasteiger partial charge >= 0.3 is 0 Å². The molecule has 3 rings (SSSR count). The second-order valence-corrected chi connectivity index (χ2v) is 3.93. The van der Waals surface area contributed by atoms with Crippen LogP contribution in [0, 0.1) is 6.92 Å². The summed E-state index contributed by atoms with van der Waals surface area (Å²) in [6.07, 6.45) is 4.70. The largest absolute Gasteiger partial charge is 0.357 e. The molecule has 2 nitrogen and oxygen atoms in total. The number of hydrogen-bond acceptors (Lipinski definition) is 1. The number of hydrogen-bond donors (Lipinski definition) is 1. The number of nitrogens with zero attached hydrogens (tertiary/aromatic N) is 1. The minimum Gasteiger partial charge on any atom is -0.357 e. The van der Waals surface area contributed by atoms with E-state index < -0.39 is 0 Å². The lowest BCUT2D eigenvalue weighted by molar-refractivity contribution is 1.11. The first-order valence-electron chi connectivity index (χ1n) is 4.78. The van der Waals surface area contributed by atoms with Gasteiger partial charge in [-0.2, -0.15) is 0 Å². The Bertz CT molecular complexity index is 452. The highest BCUT2D eigenvalue weighted by molar-refractivity contribution is 5.76. The van der Waals surface area contributed by atoms with Crippen LogP contribution in [0.1, 0.15) is 30.0 Å². The molecule has 2 heterocycles. The van der Waals surface area contributed by atoms with Gasteiger partial charge < -0.3 is 4.98 Å². The van der Waals surface area contributed by atoms with Crippen LogP contribution in [-0.2, 0) is 0 Å². The fourth-order valence-corrected chi connectivity index (χ4v) is 1.80. The van der Waals surface area contributed by atoms with Crippen LogP contribution < -0.4 is 0 Å². The van der Waals surface area contributed by atoms with Crippen molar-refractivity contribution < 1.29 is 0 Å². The standard InChI is InChI=1S/C11H12N2/c1-7-4-10-11(13-7)5-9(6-12-10)8-2-3-8/h4-6,8,13H,2-3H2,1H3. The van der Waals surface area contributed by atoms with Crippen molar-refractivity contribution >= 4 is 11.0 Å². The summed E-state index contributed by atoms with van der Waals surface area (Å²) in [6.45, 7) is 2.07. The molecule has 0 bridgehead atoms. The van der Waals surface area contributed by atoms with Gasteiger partial charge in [0.2, 0.25) is 0 Å². The normalized spacial score (nSPS) is 16.7. The van der Waals surface area contributed by atoms with Crippen molar-refractivity contribution in [2.75, 3.05) is 0 Å². The van der Waals surface area contributed by atoms with Crippen LogP contribution in [0.2, 0.25) is 0 Å². The van der Waals surface area contributed by atoms with Crippen LogP contribution in [0.5, 0.6) is 0 Å². The minimum atomic E-state index is 0.792. The van der Waals surface area contributed by atoms with E-state index in [4.69, 9.17) is 0 Å². The number of aromatic amines is 1. The maximum atomic E-state index is 4.43. The van der Waals surface area contributed by atoms with E-state index in [1.165, 1.54) is 29.6 Å². The summed E-state index contributed by atoms with van der Waals surface area (Å²) in [5.41, 5.74) is 4.86. The molecular formula is C11H12N2. The molecule has 2 aromatic heterocycles. The number of H-pyrrole nitrogens is 1. The van der Waals surface area contributed by atoms with Gasteiger partial charge in [0, 0.05) is 11.9 Å². The monoisotopic (exact) mass is 172 g/mol. The molecule has 0 atom stereocenters. The molecule has 0 amide bonds. The molecule has 1 aliphatic carbocycles. The fraction of sp³-hybridized carbons (Fsp3) is 0.364. The number of nitrogens with one attached hydrogen (secondary N) is 1. The molecule has 1 fully saturated rings. The molecule has 0 aliphatic heterocycles. The highest BCUT2D eigenvalue weighted by Crippen LogP contribution is 2.40. The molecule has 0 saturated heterocycles. The Balaban J connectivity index is 2.20. The predicted octanol–water partition coefficient (Wildman–Crippen LogP) is 2.75. The summed E-state index contributed by atoms with van der Waals surface area (Å²) in [5, 5.41) is 0.